The molecular formula is C14H20N3O4P. The Hall–Kier alpha value is -1.58. The van der Waals surface area contributed by atoms with Crippen LogP contribution in [0.2, 0.25) is 0 Å². The van der Waals surface area contributed by atoms with Crippen molar-refractivity contribution in [2.24, 2.45) is 0 Å². The third-order valence-electron chi connectivity index (χ3n) is 2.76. The van der Waals surface area contributed by atoms with Gasteiger partial charge in [-0.2, -0.15) is 5.26 Å². The minimum absolute atomic E-state index is 0.177. The first-order chi connectivity index (χ1) is 10.5. The van der Waals surface area contributed by atoms with E-state index in [-0.39, 0.29) is 31.2 Å². The highest BCUT2D eigenvalue weighted by atomic mass is 31.2. The molecule has 120 valence electrons. The molecule has 0 aromatic carbocycles. The summed E-state index contributed by atoms with van der Waals surface area (Å²) < 4.78 is 23.1. The minimum atomic E-state index is -3.58. The van der Waals surface area contributed by atoms with Gasteiger partial charge in [-0.1, -0.05) is 0 Å². The van der Waals surface area contributed by atoms with Crippen LogP contribution >= 0.6 is 7.60 Å². The molecule has 0 saturated carbocycles. The molecule has 0 spiro atoms. The highest BCUT2D eigenvalue weighted by molar-refractivity contribution is 7.55. The number of pyridine rings is 1. The lowest BCUT2D eigenvalue weighted by Gasteiger charge is -2.25. The normalized spacial score (nSPS) is 12.6. The van der Waals surface area contributed by atoms with Gasteiger partial charge in [-0.3, -0.25) is 14.7 Å². The molecule has 0 bridgehead atoms. The van der Waals surface area contributed by atoms with Gasteiger partial charge in [0.05, 0.1) is 13.2 Å². The quantitative estimate of drug-likeness (QED) is 0.695. The van der Waals surface area contributed by atoms with Crippen molar-refractivity contribution in [1.29, 1.82) is 5.26 Å². The van der Waals surface area contributed by atoms with Gasteiger partial charge in [0.25, 0.3) is 0 Å². The number of nitriles is 1. The van der Waals surface area contributed by atoms with Crippen molar-refractivity contribution in [2.75, 3.05) is 13.2 Å². The summed E-state index contributed by atoms with van der Waals surface area (Å²) in [4.78, 5) is 15.7. The van der Waals surface area contributed by atoms with Crippen LogP contribution in [0, 0.1) is 11.3 Å². The summed E-state index contributed by atoms with van der Waals surface area (Å²) in [6.07, 6.45) is 1.50. The number of aromatic nitrogens is 1. The molecule has 1 N–H and O–H groups in total. The van der Waals surface area contributed by atoms with Crippen LogP contribution in [0.1, 0.15) is 32.0 Å². The van der Waals surface area contributed by atoms with Crippen molar-refractivity contribution in [3.63, 3.8) is 0 Å². The first-order valence-electron chi connectivity index (χ1n) is 6.94. The van der Waals surface area contributed by atoms with E-state index in [9.17, 15) is 9.36 Å². The van der Waals surface area contributed by atoms with Crippen molar-refractivity contribution in [2.45, 2.75) is 33.1 Å². The Balaban J connectivity index is 2.90. The van der Waals surface area contributed by atoms with Crippen LogP contribution in [0.3, 0.4) is 0 Å². The Kier molecular flexibility index (Phi) is 7.36. The zero-order valence-corrected chi connectivity index (χ0v) is 13.8. The summed E-state index contributed by atoms with van der Waals surface area (Å²) in [7, 11) is -3.58. The Morgan fingerprint density at radius 1 is 1.45 bits per heavy atom. The number of hydrogen-bond acceptors (Lipinski definition) is 7. The molecule has 8 heteroatoms. The second-order valence-corrected chi connectivity index (χ2v) is 6.54. The first kappa shape index (κ1) is 18.5. The van der Waals surface area contributed by atoms with E-state index in [1.54, 1.807) is 26.0 Å². The third kappa shape index (κ3) is 5.00. The van der Waals surface area contributed by atoms with E-state index in [1.807, 2.05) is 6.07 Å². The SMILES string of the molecule is CCOP(=O)(OCC)C(NCc1ccnc(C#N)c1)C(C)=O. The van der Waals surface area contributed by atoms with Crippen LogP contribution in [0.5, 0.6) is 0 Å². The van der Waals surface area contributed by atoms with Crippen LogP contribution in [-0.4, -0.2) is 29.8 Å². The second-order valence-electron chi connectivity index (χ2n) is 4.43. The molecule has 1 unspecified atom stereocenters. The lowest BCUT2D eigenvalue weighted by Crippen LogP contribution is -2.36. The molecule has 0 amide bonds. The van der Waals surface area contributed by atoms with E-state index < -0.39 is 13.4 Å². The van der Waals surface area contributed by atoms with Crippen molar-refractivity contribution in [3.8, 4) is 6.07 Å². The van der Waals surface area contributed by atoms with Crippen molar-refractivity contribution in [3.05, 3.63) is 29.6 Å². The van der Waals surface area contributed by atoms with Crippen LogP contribution < -0.4 is 5.32 Å². The van der Waals surface area contributed by atoms with E-state index in [0.29, 0.717) is 0 Å². The van der Waals surface area contributed by atoms with Crippen molar-refractivity contribution >= 4 is 13.4 Å². The molecule has 7 nitrogen and oxygen atoms in total. The summed E-state index contributed by atoms with van der Waals surface area (Å²) in [6, 6.07) is 5.24. The Bertz CT molecular complexity index is 590. The van der Waals surface area contributed by atoms with Gasteiger partial charge in [-0.25, -0.2) is 4.98 Å². The van der Waals surface area contributed by atoms with E-state index in [1.165, 1.54) is 13.1 Å². The molecule has 1 aromatic rings. The molecule has 1 heterocycles. The molecule has 0 fully saturated rings. The topological polar surface area (TPSA) is 101 Å². The fourth-order valence-electron chi connectivity index (χ4n) is 1.88. The van der Waals surface area contributed by atoms with Gasteiger partial charge in [-0.05, 0) is 38.5 Å². The van der Waals surface area contributed by atoms with Gasteiger partial charge in [0.1, 0.15) is 11.8 Å². The van der Waals surface area contributed by atoms with Crippen LogP contribution in [0.4, 0.5) is 0 Å². The first-order valence-corrected chi connectivity index (χ1v) is 8.55. The van der Waals surface area contributed by atoms with Crippen molar-refractivity contribution < 1.29 is 18.4 Å². The number of carbonyl (C=O) groups excluding carboxylic acids is 1. The van der Waals surface area contributed by atoms with Crippen LogP contribution in [-0.2, 0) is 25.0 Å². The van der Waals surface area contributed by atoms with Crippen molar-refractivity contribution in [1.82, 2.24) is 10.3 Å². The smallest absolute Gasteiger partial charge is 0.307 e. The summed E-state index contributed by atoms with van der Waals surface area (Å²) in [5.74, 6) is -1.38. The molecular weight excluding hydrogens is 305 g/mol. The molecule has 22 heavy (non-hydrogen) atoms. The average molecular weight is 325 g/mol. The van der Waals surface area contributed by atoms with E-state index in [4.69, 9.17) is 14.3 Å². The lowest BCUT2D eigenvalue weighted by molar-refractivity contribution is -0.117. The average Bonchev–Trinajstić information content (AvgIpc) is 2.47. The number of nitrogens with zero attached hydrogens (tertiary/aromatic N) is 2. The van der Waals surface area contributed by atoms with Gasteiger partial charge in [0, 0.05) is 12.7 Å². The largest absolute Gasteiger partial charge is 0.355 e. The maximum atomic E-state index is 12.7. The number of rotatable bonds is 9. The number of ketones is 1. The van der Waals surface area contributed by atoms with Gasteiger partial charge in [-0.15, -0.1) is 0 Å². The van der Waals surface area contributed by atoms with E-state index in [2.05, 4.69) is 10.3 Å². The van der Waals surface area contributed by atoms with Gasteiger partial charge < -0.3 is 9.05 Å². The van der Waals surface area contributed by atoms with Gasteiger partial charge in [0.15, 0.2) is 11.6 Å². The molecule has 0 aliphatic carbocycles. The highest BCUT2D eigenvalue weighted by Crippen LogP contribution is 2.52. The lowest BCUT2D eigenvalue weighted by atomic mass is 10.2. The Labute approximate surface area is 130 Å². The molecule has 0 aliphatic rings. The third-order valence-corrected chi connectivity index (χ3v) is 5.17. The standard InChI is InChI=1S/C14H20N3O4P/c1-4-20-22(19,21-5-2)14(11(3)18)17-10-12-6-7-16-13(8-12)9-15/h6-8,14,17H,4-5,10H2,1-3H3. The Morgan fingerprint density at radius 2 is 2.09 bits per heavy atom. The maximum Gasteiger partial charge on any atom is 0.355 e. The number of hydrogen-bond donors (Lipinski definition) is 1. The minimum Gasteiger partial charge on any atom is -0.307 e. The Morgan fingerprint density at radius 3 is 2.59 bits per heavy atom. The fraction of sp³-hybridized carbons (Fsp3) is 0.500. The molecule has 0 aliphatic heterocycles. The number of carbonyl (C=O) groups is 1. The molecule has 1 atom stereocenters. The molecule has 1 rings (SSSR count). The number of Topliss-reactive ketones (excluding diaryl/α,β-unsaturated/α-hetero) is 1. The predicted molar refractivity (Wildman–Crippen MR) is 81.1 cm³/mol. The fourth-order valence-corrected chi connectivity index (χ4v) is 3.74. The summed E-state index contributed by atoms with van der Waals surface area (Å²) in [6.45, 7) is 5.30. The highest BCUT2D eigenvalue weighted by Gasteiger charge is 2.38. The van der Waals surface area contributed by atoms with Gasteiger partial charge in [0.2, 0.25) is 0 Å². The van der Waals surface area contributed by atoms with E-state index in [0.717, 1.165) is 5.56 Å². The van der Waals surface area contributed by atoms with Crippen LogP contribution in [0.15, 0.2) is 18.3 Å². The zero-order chi connectivity index (χ0) is 16.6. The summed E-state index contributed by atoms with van der Waals surface area (Å²) in [5, 5.41) is 11.7. The number of nitrogens with one attached hydrogen (secondary N) is 1. The maximum absolute atomic E-state index is 12.7. The van der Waals surface area contributed by atoms with Crippen LogP contribution in [0.25, 0.3) is 0 Å². The van der Waals surface area contributed by atoms with E-state index >= 15 is 0 Å². The molecule has 0 saturated heterocycles. The second kappa shape index (κ2) is 8.76. The monoisotopic (exact) mass is 325 g/mol. The summed E-state index contributed by atoms with van der Waals surface area (Å²) >= 11 is 0. The summed E-state index contributed by atoms with van der Waals surface area (Å²) in [5.41, 5.74) is 1.02. The predicted octanol–water partition coefficient (Wildman–Crippen LogP) is 2.22. The molecule has 1 aromatic heterocycles. The van der Waals surface area contributed by atoms with Gasteiger partial charge >= 0.3 is 7.60 Å². The zero-order valence-electron chi connectivity index (χ0n) is 12.9. The molecule has 0 radical (unpaired) electrons.